The number of hydrogen-bond donors (Lipinski definition) is 0. The van der Waals surface area contributed by atoms with Crippen LogP contribution in [0.2, 0.25) is 0 Å². The lowest BCUT2D eigenvalue weighted by Gasteiger charge is -1.96. The van der Waals surface area contributed by atoms with E-state index in [0.29, 0.717) is 6.61 Å². The Labute approximate surface area is 77.0 Å². The van der Waals surface area contributed by atoms with E-state index in [2.05, 4.69) is 0 Å². The summed E-state index contributed by atoms with van der Waals surface area (Å²) in [6, 6.07) is 3.23. The zero-order valence-electron chi connectivity index (χ0n) is 7.53. The van der Waals surface area contributed by atoms with Gasteiger partial charge in [0, 0.05) is 0 Å². The third kappa shape index (κ3) is 3.15. The standard InChI is InChI=1S/C10H12O3/c1-2-3-4-7-13-10(11)9-6-5-8-12-9/h3-6,8H,2,7H2,1H3/b4-3+. The minimum absolute atomic E-state index is 0.241. The number of hydrogen-bond acceptors (Lipinski definition) is 3. The average molecular weight is 180 g/mol. The number of carbonyl (C=O) groups is 1. The van der Waals surface area contributed by atoms with Gasteiger partial charge >= 0.3 is 5.97 Å². The number of ether oxygens (including phenoxy) is 1. The summed E-state index contributed by atoms with van der Waals surface area (Å²) in [5, 5.41) is 0. The van der Waals surface area contributed by atoms with Crippen molar-refractivity contribution in [2.75, 3.05) is 6.61 Å². The number of carbonyl (C=O) groups excluding carboxylic acids is 1. The predicted octanol–water partition coefficient (Wildman–Crippen LogP) is 2.40. The summed E-state index contributed by atoms with van der Waals surface area (Å²) in [4.78, 5) is 11.1. The van der Waals surface area contributed by atoms with Crippen molar-refractivity contribution >= 4 is 5.97 Å². The predicted molar refractivity (Wildman–Crippen MR) is 48.4 cm³/mol. The maximum atomic E-state index is 11.1. The smallest absolute Gasteiger partial charge is 0.374 e. The summed E-state index contributed by atoms with van der Waals surface area (Å²) in [7, 11) is 0. The van der Waals surface area contributed by atoms with E-state index in [1.165, 1.54) is 6.26 Å². The molecule has 1 heterocycles. The van der Waals surface area contributed by atoms with Crippen LogP contribution in [0.3, 0.4) is 0 Å². The molecule has 1 aromatic heterocycles. The van der Waals surface area contributed by atoms with Gasteiger partial charge in [0.05, 0.1) is 6.26 Å². The van der Waals surface area contributed by atoms with Crippen molar-refractivity contribution in [1.29, 1.82) is 0 Å². The molecule has 0 bridgehead atoms. The summed E-state index contributed by atoms with van der Waals surface area (Å²) in [6.45, 7) is 2.32. The first kappa shape index (κ1) is 9.58. The van der Waals surface area contributed by atoms with Gasteiger partial charge in [-0.15, -0.1) is 0 Å². The molecule has 0 N–H and O–H groups in total. The van der Waals surface area contributed by atoms with Crippen LogP contribution >= 0.6 is 0 Å². The fourth-order valence-corrected chi connectivity index (χ4v) is 0.824. The number of esters is 1. The third-order valence-electron chi connectivity index (χ3n) is 1.44. The Kier molecular flexibility index (Phi) is 3.82. The van der Waals surface area contributed by atoms with Crippen molar-refractivity contribution in [2.45, 2.75) is 13.3 Å². The average Bonchev–Trinajstić information content (AvgIpc) is 2.65. The van der Waals surface area contributed by atoms with Crippen molar-refractivity contribution < 1.29 is 13.9 Å². The number of furan rings is 1. The monoisotopic (exact) mass is 180 g/mol. The van der Waals surface area contributed by atoms with Crippen LogP contribution in [0.1, 0.15) is 23.9 Å². The molecule has 0 spiro atoms. The van der Waals surface area contributed by atoms with E-state index < -0.39 is 5.97 Å². The molecular formula is C10H12O3. The zero-order valence-corrected chi connectivity index (χ0v) is 7.53. The molecule has 0 amide bonds. The zero-order chi connectivity index (χ0) is 9.52. The van der Waals surface area contributed by atoms with E-state index in [0.717, 1.165) is 6.42 Å². The van der Waals surface area contributed by atoms with Crippen LogP contribution in [0.15, 0.2) is 35.0 Å². The molecule has 0 aliphatic heterocycles. The summed E-state index contributed by atoms with van der Waals surface area (Å²) < 4.78 is 9.72. The second-order valence-electron chi connectivity index (χ2n) is 2.46. The molecular weight excluding hydrogens is 168 g/mol. The molecule has 3 heteroatoms. The largest absolute Gasteiger partial charge is 0.457 e. The molecule has 3 nitrogen and oxygen atoms in total. The maximum absolute atomic E-state index is 11.1. The van der Waals surface area contributed by atoms with Gasteiger partial charge in [-0.3, -0.25) is 0 Å². The molecule has 0 aromatic carbocycles. The SMILES string of the molecule is CC/C=C/COC(=O)c1ccco1. The van der Waals surface area contributed by atoms with Crippen molar-refractivity contribution in [3.63, 3.8) is 0 Å². The highest BCUT2D eigenvalue weighted by molar-refractivity contribution is 5.86. The Morgan fingerprint density at radius 1 is 1.62 bits per heavy atom. The second-order valence-corrected chi connectivity index (χ2v) is 2.46. The number of allylic oxidation sites excluding steroid dienone is 1. The lowest BCUT2D eigenvalue weighted by atomic mass is 10.4. The topological polar surface area (TPSA) is 39.4 Å². The molecule has 0 aliphatic carbocycles. The Morgan fingerprint density at radius 3 is 3.08 bits per heavy atom. The van der Waals surface area contributed by atoms with Crippen LogP contribution in [0.4, 0.5) is 0 Å². The van der Waals surface area contributed by atoms with Gasteiger partial charge in [-0.1, -0.05) is 19.1 Å². The van der Waals surface area contributed by atoms with Gasteiger partial charge in [-0.2, -0.15) is 0 Å². The first-order valence-electron chi connectivity index (χ1n) is 4.20. The van der Waals surface area contributed by atoms with Gasteiger partial charge in [0.2, 0.25) is 5.76 Å². The lowest BCUT2D eigenvalue weighted by Crippen LogP contribution is -2.03. The molecule has 0 atom stereocenters. The third-order valence-corrected chi connectivity index (χ3v) is 1.44. The van der Waals surface area contributed by atoms with Crippen LogP contribution in [0, 0.1) is 0 Å². The van der Waals surface area contributed by atoms with E-state index >= 15 is 0 Å². The van der Waals surface area contributed by atoms with Gasteiger partial charge < -0.3 is 9.15 Å². The molecule has 13 heavy (non-hydrogen) atoms. The maximum Gasteiger partial charge on any atom is 0.374 e. The Hall–Kier alpha value is -1.51. The molecule has 0 saturated heterocycles. The lowest BCUT2D eigenvalue weighted by molar-refractivity contribution is 0.0513. The molecule has 70 valence electrons. The molecule has 0 fully saturated rings. The van der Waals surface area contributed by atoms with E-state index in [-0.39, 0.29) is 5.76 Å². The van der Waals surface area contributed by atoms with Crippen molar-refractivity contribution in [2.24, 2.45) is 0 Å². The fraction of sp³-hybridized carbons (Fsp3) is 0.300. The van der Waals surface area contributed by atoms with Crippen LogP contribution < -0.4 is 0 Å². The molecule has 1 rings (SSSR count). The van der Waals surface area contributed by atoms with Crippen LogP contribution in [-0.2, 0) is 4.74 Å². The first-order valence-corrected chi connectivity index (χ1v) is 4.20. The number of rotatable bonds is 4. The van der Waals surface area contributed by atoms with Crippen LogP contribution in [-0.4, -0.2) is 12.6 Å². The molecule has 0 aliphatic rings. The minimum atomic E-state index is -0.425. The van der Waals surface area contributed by atoms with Crippen LogP contribution in [0.25, 0.3) is 0 Å². The second kappa shape index (κ2) is 5.19. The normalized spacial score (nSPS) is 10.5. The highest BCUT2D eigenvalue weighted by atomic mass is 16.5. The van der Waals surface area contributed by atoms with Gasteiger partial charge in [-0.05, 0) is 18.6 Å². The first-order chi connectivity index (χ1) is 6.34. The molecule has 1 aromatic rings. The van der Waals surface area contributed by atoms with Crippen molar-refractivity contribution in [1.82, 2.24) is 0 Å². The van der Waals surface area contributed by atoms with E-state index in [9.17, 15) is 4.79 Å². The van der Waals surface area contributed by atoms with E-state index in [1.54, 1.807) is 18.2 Å². The van der Waals surface area contributed by atoms with E-state index in [1.807, 2.05) is 13.0 Å². The minimum Gasteiger partial charge on any atom is -0.457 e. The van der Waals surface area contributed by atoms with Crippen molar-refractivity contribution in [3.8, 4) is 0 Å². The molecule has 0 radical (unpaired) electrons. The molecule has 0 unspecified atom stereocenters. The van der Waals surface area contributed by atoms with Crippen molar-refractivity contribution in [3.05, 3.63) is 36.3 Å². The summed E-state index contributed by atoms with van der Waals surface area (Å²) in [5.74, 6) is -0.185. The van der Waals surface area contributed by atoms with Gasteiger partial charge in [0.15, 0.2) is 0 Å². The van der Waals surface area contributed by atoms with Gasteiger partial charge in [0.25, 0.3) is 0 Å². The Balaban J connectivity index is 2.31. The van der Waals surface area contributed by atoms with Gasteiger partial charge in [-0.25, -0.2) is 4.79 Å². The van der Waals surface area contributed by atoms with Crippen LogP contribution in [0.5, 0.6) is 0 Å². The fourth-order valence-electron chi connectivity index (χ4n) is 0.824. The quantitative estimate of drug-likeness (QED) is 0.527. The van der Waals surface area contributed by atoms with Gasteiger partial charge in [0.1, 0.15) is 6.61 Å². The summed E-state index contributed by atoms with van der Waals surface area (Å²) in [6.07, 6.45) is 6.13. The Morgan fingerprint density at radius 2 is 2.46 bits per heavy atom. The summed E-state index contributed by atoms with van der Waals surface area (Å²) >= 11 is 0. The highest BCUT2D eigenvalue weighted by Gasteiger charge is 2.07. The molecule has 0 saturated carbocycles. The highest BCUT2D eigenvalue weighted by Crippen LogP contribution is 2.01. The van der Waals surface area contributed by atoms with E-state index in [4.69, 9.17) is 9.15 Å². The summed E-state index contributed by atoms with van der Waals surface area (Å²) in [5.41, 5.74) is 0. The Bertz CT molecular complexity index is 272.